The second kappa shape index (κ2) is 19.5. The van der Waals surface area contributed by atoms with Gasteiger partial charge >= 0.3 is 12.2 Å². The third-order valence-corrected chi connectivity index (χ3v) is 15.0. The van der Waals surface area contributed by atoms with E-state index in [0.29, 0.717) is 31.5 Å². The first-order valence-corrected chi connectivity index (χ1v) is 24.2. The maximum atomic E-state index is 13.9. The number of benzene rings is 3. The zero-order valence-electron chi connectivity index (χ0n) is 39.8. The molecule has 1 aliphatic carbocycles. The van der Waals surface area contributed by atoms with Crippen LogP contribution in [0.4, 0.5) is 9.59 Å². The van der Waals surface area contributed by atoms with Gasteiger partial charge in [0.05, 0.1) is 61.9 Å². The van der Waals surface area contributed by atoms with E-state index >= 15 is 0 Å². The summed E-state index contributed by atoms with van der Waals surface area (Å²) < 4.78 is 22.6. The monoisotopic (exact) mass is 919 g/mol. The van der Waals surface area contributed by atoms with Gasteiger partial charge in [-0.1, -0.05) is 58.7 Å². The summed E-state index contributed by atoms with van der Waals surface area (Å²) in [4.78, 5) is 59.7. The lowest BCUT2D eigenvalue weighted by atomic mass is 9.86. The highest BCUT2D eigenvalue weighted by Crippen LogP contribution is 2.44. The summed E-state index contributed by atoms with van der Waals surface area (Å²) in [7, 11) is 2.64. The summed E-state index contributed by atoms with van der Waals surface area (Å²) in [6, 6.07) is 13.0. The van der Waals surface area contributed by atoms with E-state index in [9.17, 15) is 19.5 Å². The van der Waals surface area contributed by atoms with Crippen LogP contribution in [0.5, 0.6) is 5.75 Å². The Morgan fingerprint density at radius 2 is 1.69 bits per heavy atom. The van der Waals surface area contributed by atoms with E-state index in [0.717, 1.165) is 93.6 Å². The van der Waals surface area contributed by atoms with Crippen molar-refractivity contribution in [3.8, 4) is 28.1 Å². The first kappa shape index (κ1) is 46.4. The summed E-state index contributed by atoms with van der Waals surface area (Å²) >= 11 is 0. The topological polar surface area (TPSA) is 196 Å². The number of imidazole rings is 2. The van der Waals surface area contributed by atoms with E-state index in [1.165, 1.54) is 33.5 Å². The number of ether oxygens (including phenoxy) is 4. The molecular formula is C51H66N8O8. The van der Waals surface area contributed by atoms with Crippen molar-refractivity contribution in [3.63, 3.8) is 0 Å². The van der Waals surface area contributed by atoms with Gasteiger partial charge in [0.25, 0.3) is 0 Å². The number of aromatic nitrogens is 4. The highest BCUT2D eigenvalue weighted by Gasteiger charge is 2.44. The molecule has 8 atom stereocenters. The minimum atomic E-state index is -0.977. The molecule has 3 amide bonds. The molecule has 5 N–H and O–H groups in total. The first-order valence-electron chi connectivity index (χ1n) is 24.2. The lowest BCUT2D eigenvalue weighted by molar-refractivity contribution is -0.137. The van der Waals surface area contributed by atoms with E-state index in [4.69, 9.17) is 28.9 Å². The van der Waals surface area contributed by atoms with Crippen LogP contribution in [-0.4, -0.2) is 111 Å². The van der Waals surface area contributed by atoms with E-state index in [2.05, 4.69) is 68.8 Å². The third kappa shape index (κ3) is 9.19. The second-order valence-corrected chi connectivity index (χ2v) is 19.6. The van der Waals surface area contributed by atoms with Crippen molar-refractivity contribution in [1.29, 1.82) is 0 Å². The number of hydrogen-bond donors (Lipinski definition) is 5. The quantitative estimate of drug-likeness (QED) is 0.0677. The minimum absolute atomic E-state index is 0.0111. The largest absolute Gasteiger partial charge is 0.488 e. The second-order valence-electron chi connectivity index (χ2n) is 19.6. The molecule has 3 aliphatic heterocycles. The molecule has 67 heavy (non-hydrogen) atoms. The third-order valence-electron chi connectivity index (χ3n) is 15.0. The zero-order chi connectivity index (χ0) is 47.1. The molecule has 2 aromatic heterocycles. The molecule has 4 aliphatic rings. The van der Waals surface area contributed by atoms with Crippen molar-refractivity contribution in [1.82, 2.24) is 40.4 Å². The van der Waals surface area contributed by atoms with Gasteiger partial charge in [0.15, 0.2) is 0 Å². The molecule has 1 saturated carbocycles. The zero-order valence-corrected chi connectivity index (χ0v) is 39.8. The number of H-pyrrole nitrogens is 2. The van der Waals surface area contributed by atoms with E-state index in [-0.39, 0.29) is 41.8 Å². The van der Waals surface area contributed by atoms with Crippen LogP contribution < -0.4 is 15.4 Å². The molecular weight excluding hydrogens is 853 g/mol. The lowest BCUT2D eigenvalue weighted by Gasteiger charge is -2.36. The fourth-order valence-electron chi connectivity index (χ4n) is 10.6. The van der Waals surface area contributed by atoms with Crippen LogP contribution in [0.25, 0.3) is 44.2 Å². The Labute approximate surface area is 391 Å². The van der Waals surface area contributed by atoms with Gasteiger partial charge < -0.3 is 49.6 Å². The molecule has 0 spiro atoms. The number of rotatable bonds is 15. The first-order chi connectivity index (χ1) is 32.3. The maximum absolute atomic E-state index is 13.9. The Kier molecular flexibility index (Phi) is 13.5. The Morgan fingerprint density at radius 1 is 0.910 bits per heavy atom. The molecule has 3 fully saturated rings. The summed E-state index contributed by atoms with van der Waals surface area (Å²) in [5.74, 6) is 2.79. The van der Waals surface area contributed by atoms with Crippen LogP contribution in [-0.2, 0) is 25.6 Å². The number of aliphatic hydroxyl groups is 1. The number of aromatic amines is 2. The fraction of sp³-hybridized carbons (Fsp3) is 0.549. The van der Waals surface area contributed by atoms with Gasteiger partial charge in [0, 0.05) is 30.1 Å². The summed E-state index contributed by atoms with van der Waals surface area (Å²) in [5, 5.41) is 19.8. The predicted octanol–water partition coefficient (Wildman–Crippen LogP) is 8.37. The number of likely N-dealkylation sites (tertiary alicyclic amines) is 2. The Bertz CT molecular complexity index is 2610. The van der Waals surface area contributed by atoms with Crippen molar-refractivity contribution in [2.45, 2.75) is 123 Å². The molecule has 3 aromatic carbocycles. The molecule has 0 bridgehead atoms. The number of fused-ring (bicyclic) bond motifs is 6. The summed E-state index contributed by atoms with van der Waals surface area (Å²) in [6.07, 6.45) is 6.46. The molecule has 2 saturated heterocycles. The molecule has 358 valence electrons. The number of hydrogen-bond acceptors (Lipinski definition) is 11. The van der Waals surface area contributed by atoms with Crippen molar-refractivity contribution < 1.29 is 38.4 Å². The highest BCUT2D eigenvalue weighted by molar-refractivity contribution is 6.07. The van der Waals surface area contributed by atoms with Gasteiger partial charge in [-0.05, 0) is 109 Å². The van der Waals surface area contributed by atoms with E-state index in [1.807, 2.05) is 44.9 Å². The normalized spacial score (nSPS) is 22.4. The molecule has 1 unspecified atom stereocenters. The smallest absolute Gasteiger partial charge is 0.407 e. The average Bonchev–Trinajstić information content (AvgIpc) is 4.15. The van der Waals surface area contributed by atoms with Crippen LogP contribution >= 0.6 is 0 Å². The predicted molar refractivity (Wildman–Crippen MR) is 254 cm³/mol. The van der Waals surface area contributed by atoms with Gasteiger partial charge in [0.2, 0.25) is 5.91 Å². The van der Waals surface area contributed by atoms with Gasteiger partial charge in [-0.15, -0.1) is 0 Å². The number of alkyl carbamates (subject to hydrolysis) is 2. The number of carbonyl (C=O) groups is 3. The number of aliphatic hydroxyl groups excluding tert-OH is 1. The van der Waals surface area contributed by atoms with E-state index < -0.39 is 30.5 Å². The van der Waals surface area contributed by atoms with Crippen LogP contribution in [0.1, 0.15) is 109 Å². The molecule has 0 radical (unpaired) electrons. The van der Waals surface area contributed by atoms with Crippen LogP contribution in [0.2, 0.25) is 0 Å². The van der Waals surface area contributed by atoms with Crippen molar-refractivity contribution >= 4 is 39.9 Å². The molecule has 5 aromatic rings. The Morgan fingerprint density at radius 3 is 2.42 bits per heavy atom. The average molecular weight is 919 g/mol. The molecule has 16 heteroatoms. The molecule has 5 heterocycles. The van der Waals surface area contributed by atoms with Crippen LogP contribution in [0.3, 0.4) is 0 Å². The highest BCUT2D eigenvalue weighted by atomic mass is 16.5. The fourth-order valence-corrected chi connectivity index (χ4v) is 10.6. The Balaban J connectivity index is 0.966. The van der Waals surface area contributed by atoms with Crippen molar-refractivity contribution in [3.05, 3.63) is 65.9 Å². The Hall–Kier alpha value is -5.71. The molecule has 16 nitrogen and oxygen atoms in total. The molecule has 9 rings (SSSR count). The van der Waals surface area contributed by atoms with E-state index in [1.54, 1.807) is 0 Å². The standard InChI is InChI=1S/C51H66N8O8/c1-8-28(4)44(57-51(63)65-7)48(60)58-23-31(25-66-24-30-10-9-11-30)18-41(58)47-53-38-16-14-32-20-37-35-15-13-33(19-34(35)26-67-42(37)21-36(32)45(38)55-47)39-22-52-46(54-39)40-17-12-29(5)59(40)49(61)43(27(2)3)56-50(62)64-6/h13-16,19-22,27-31,40-41,43-44,48,60H,8-12,17-18,23-26H2,1-7H3,(H,52,54)(H,53,55)(H,56,62)(H,57,63)/t28-,29-,31-,40-,41-,43-,44-,48?/m0/s1. The summed E-state index contributed by atoms with van der Waals surface area (Å²) in [6.45, 7) is 12.3. The van der Waals surface area contributed by atoms with Gasteiger partial charge in [-0.25, -0.2) is 19.6 Å². The van der Waals surface area contributed by atoms with Crippen LogP contribution in [0.15, 0.2) is 48.7 Å². The van der Waals surface area contributed by atoms with Gasteiger partial charge in [0.1, 0.15) is 36.3 Å². The van der Waals surface area contributed by atoms with Crippen molar-refractivity contribution in [2.24, 2.45) is 23.7 Å². The van der Waals surface area contributed by atoms with Crippen molar-refractivity contribution in [2.75, 3.05) is 34.0 Å². The minimum Gasteiger partial charge on any atom is -0.488 e. The number of carbonyl (C=O) groups excluding carboxylic acids is 3. The number of nitrogens with zero attached hydrogens (tertiary/aromatic N) is 4. The number of methoxy groups -OCH3 is 2. The summed E-state index contributed by atoms with van der Waals surface area (Å²) in [5.41, 5.74) is 6.67. The van der Waals surface area contributed by atoms with Gasteiger partial charge in [-0.2, -0.15) is 0 Å². The maximum Gasteiger partial charge on any atom is 0.407 e. The lowest BCUT2D eigenvalue weighted by Crippen LogP contribution is -2.54. The number of amides is 3. The van der Waals surface area contributed by atoms with Gasteiger partial charge in [-0.3, -0.25) is 9.69 Å². The number of nitrogens with one attached hydrogen (secondary N) is 4. The van der Waals surface area contributed by atoms with Crippen LogP contribution in [0, 0.1) is 23.7 Å². The SMILES string of the molecule is CC[C@H](C)[C@H](NC(=O)OC)C(O)N1C[C@@H](COCC2CCC2)C[C@H]1c1nc2ccc3cc4c(cc3c2[nH]1)OCc1cc(-c2cnc([C@@H]3CC[C@H](C)N3C(=O)[C@@H](NC(=O)OC)C(C)C)[nH]2)ccc1-4.